The predicted molar refractivity (Wildman–Crippen MR) is 158 cm³/mol. The number of ketones is 1. The van der Waals surface area contributed by atoms with Crippen LogP contribution in [0.3, 0.4) is 0 Å². The van der Waals surface area contributed by atoms with Crippen molar-refractivity contribution in [2.75, 3.05) is 6.61 Å². The van der Waals surface area contributed by atoms with E-state index in [0.717, 1.165) is 19.3 Å². The second-order valence-electron chi connectivity index (χ2n) is 8.66. The van der Waals surface area contributed by atoms with E-state index >= 15 is 0 Å². The number of aliphatic hydroxyl groups excluding tert-OH is 2. The molecule has 0 bridgehead atoms. The Labute approximate surface area is 254 Å². The molecule has 0 saturated heterocycles. The molecule has 232 valence electrons. The van der Waals surface area contributed by atoms with E-state index in [9.17, 15) is 19.2 Å². The zero-order chi connectivity index (χ0) is 30.5. The van der Waals surface area contributed by atoms with Crippen molar-refractivity contribution < 1.29 is 44.0 Å². The first-order chi connectivity index (χ1) is 18.5. The van der Waals surface area contributed by atoms with Gasteiger partial charge in [0, 0.05) is 0 Å². The van der Waals surface area contributed by atoms with Gasteiger partial charge in [-0.3, -0.25) is 0 Å². The fraction of sp³-hybridized carbons (Fsp3) is 0.852. The molecule has 39 heavy (non-hydrogen) atoms. The summed E-state index contributed by atoms with van der Waals surface area (Å²) in [7, 11) is 0. The van der Waals surface area contributed by atoms with Gasteiger partial charge in [-0.1, -0.05) is 19.8 Å². The summed E-state index contributed by atoms with van der Waals surface area (Å²) in [6.45, 7) is 5.69. The number of aliphatic carboxylic acids is 1. The van der Waals surface area contributed by atoms with Crippen LogP contribution in [0.25, 0.3) is 0 Å². The van der Waals surface area contributed by atoms with Crippen molar-refractivity contribution in [2.45, 2.75) is 137 Å². The van der Waals surface area contributed by atoms with Crippen molar-refractivity contribution in [1.29, 1.82) is 0 Å². The Morgan fingerprint density at radius 2 is 1.18 bits per heavy atom. The van der Waals surface area contributed by atoms with Gasteiger partial charge in [0.1, 0.15) is 0 Å². The summed E-state index contributed by atoms with van der Waals surface area (Å²) < 4.78 is 9.58. The van der Waals surface area contributed by atoms with E-state index in [1.165, 1.54) is 45.4 Å². The zero-order valence-corrected chi connectivity index (χ0v) is 29.8. The van der Waals surface area contributed by atoms with Gasteiger partial charge in [-0.25, -0.2) is 0 Å². The van der Waals surface area contributed by atoms with Gasteiger partial charge in [-0.15, -0.1) is 0 Å². The van der Waals surface area contributed by atoms with Crippen molar-refractivity contribution >= 4 is 68.6 Å². The maximum atomic E-state index is 11.6. The number of hydrogen-bond acceptors (Lipinski definition) is 8. The third kappa shape index (κ3) is 31.9. The van der Waals surface area contributed by atoms with Crippen molar-refractivity contribution in [2.24, 2.45) is 0 Å². The van der Waals surface area contributed by atoms with E-state index < -0.39 is 30.3 Å². The van der Waals surface area contributed by atoms with Crippen LogP contribution in [0.2, 0.25) is 33.4 Å². The van der Waals surface area contributed by atoms with Gasteiger partial charge in [0.25, 0.3) is 0 Å². The molecule has 0 aromatic rings. The molecule has 0 amide bonds. The van der Waals surface area contributed by atoms with E-state index in [-0.39, 0.29) is 26.7 Å². The molecule has 0 aromatic carbocycles. The molecule has 0 radical (unpaired) electrons. The van der Waals surface area contributed by atoms with Crippen LogP contribution in [0, 0.1) is 0 Å². The molecule has 0 saturated carbocycles. The average molecular weight is 758 g/mol. The summed E-state index contributed by atoms with van der Waals surface area (Å²) >= 11 is 0.929. The molecular weight excluding hydrogens is 705 g/mol. The van der Waals surface area contributed by atoms with E-state index in [1.54, 1.807) is 6.92 Å². The monoisotopic (exact) mass is 760 g/mol. The van der Waals surface area contributed by atoms with Gasteiger partial charge in [0.15, 0.2) is 0 Å². The third-order valence-corrected chi connectivity index (χ3v) is 9.09. The quantitative estimate of drug-likeness (QED) is 0.0888. The molecule has 0 aliphatic rings. The van der Waals surface area contributed by atoms with Crippen LogP contribution in [0.4, 0.5) is 0 Å². The van der Waals surface area contributed by atoms with Crippen LogP contribution in [-0.4, -0.2) is 109 Å². The number of esters is 2. The summed E-state index contributed by atoms with van der Waals surface area (Å²) in [5.41, 5.74) is 0. The minimum atomic E-state index is -1.03. The Kier molecular flexibility index (Phi) is 35.4. The second-order valence-corrected chi connectivity index (χ2v) is 14.4. The van der Waals surface area contributed by atoms with Gasteiger partial charge in [0.05, 0.1) is 0 Å². The Morgan fingerprint density at radius 1 is 0.718 bits per heavy atom. The Morgan fingerprint density at radius 3 is 1.56 bits per heavy atom. The number of carbonyl (C=O) groups excluding carboxylic acids is 3. The topological polar surface area (TPSA) is 147 Å². The van der Waals surface area contributed by atoms with Crippen molar-refractivity contribution in [3.05, 3.63) is 0 Å². The third-order valence-electron chi connectivity index (χ3n) is 5.03. The molecule has 3 atom stereocenters. The molecule has 12 heteroatoms. The minimum absolute atomic E-state index is 0.117. The molecule has 9 nitrogen and oxygen atoms in total. The van der Waals surface area contributed by atoms with E-state index in [4.69, 9.17) is 20.1 Å². The number of carbonyl (C=O) groups is 4. The SMILES string of the molecule is CCCCCCCCCCCC(=O)OC(C[Se]C)C(=O)O.CCOC(=O)C(O)C[Se]C.C[Se]CC(O)C(C)=O. The number of carboxylic acids is 1. The summed E-state index contributed by atoms with van der Waals surface area (Å²) in [5.74, 6) is 3.90. The van der Waals surface area contributed by atoms with Gasteiger partial charge in [0.2, 0.25) is 0 Å². The molecular formula is C27H52O9Se3. The first-order valence-corrected chi connectivity index (χ1v) is 22.2. The summed E-state index contributed by atoms with van der Waals surface area (Å²) in [5, 5.41) is 28.4. The molecule has 0 heterocycles. The number of aliphatic hydroxyl groups is 2. The van der Waals surface area contributed by atoms with E-state index in [1.807, 2.05) is 17.5 Å². The van der Waals surface area contributed by atoms with Crippen LogP contribution < -0.4 is 0 Å². The van der Waals surface area contributed by atoms with Crippen molar-refractivity contribution in [3.63, 3.8) is 0 Å². The van der Waals surface area contributed by atoms with Crippen LogP contribution in [-0.2, 0) is 28.7 Å². The van der Waals surface area contributed by atoms with Crippen LogP contribution in [0.1, 0.15) is 85.0 Å². The van der Waals surface area contributed by atoms with E-state index in [0.29, 0.717) is 58.9 Å². The zero-order valence-electron chi connectivity index (χ0n) is 24.6. The molecule has 0 fully saturated rings. The Bertz CT molecular complexity index is 621. The Balaban J connectivity index is -0.000000593. The number of carboxylic acid groups (broad SMARTS) is 1. The fourth-order valence-corrected chi connectivity index (χ4v) is 6.02. The molecule has 0 aliphatic carbocycles. The molecule has 3 unspecified atom stereocenters. The first kappa shape index (κ1) is 43.0. The van der Waals surface area contributed by atoms with Gasteiger partial charge in [-0.05, 0) is 0 Å². The molecule has 0 aromatic heterocycles. The molecule has 0 rings (SSSR count). The normalized spacial score (nSPS) is 12.5. The molecule has 0 aliphatic heterocycles. The predicted octanol–water partition coefficient (Wildman–Crippen LogP) is 4.26. The number of ether oxygens (including phenoxy) is 2. The summed E-state index contributed by atoms with van der Waals surface area (Å²) in [4.78, 5) is 43.4. The van der Waals surface area contributed by atoms with Crippen LogP contribution in [0.15, 0.2) is 0 Å². The fourth-order valence-electron chi connectivity index (χ4n) is 2.84. The number of unbranched alkanes of at least 4 members (excludes halogenated alkanes) is 8. The van der Waals surface area contributed by atoms with Gasteiger partial charge < -0.3 is 0 Å². The standard InChI is InChI=1S/C16H30O4Se.C6H12O3Se.C5H10O2Se/c1-3-4-5-6-7-8-9-10-11-12-15(17)20-14(13-21-2)16(18)19;1-3-9-6(8)5(7)4-10-2;1-4(6)5(7)3-8-2/h14H,3-13H2,1-2H3,(H,18,19);5,7H,3-4H2,1-2H3;5,7H,3H2,1-2H3. The maximum absolute atomic E-state index is 11.6. The Hall–Kier alpha value is -0.442. The van der Waals surface area contributed by atoms with E-state index in [2.05, 4.69) is 11.7 Å². The van der Waals surface area contributed by atoms with Gasteiger partial charge >= 0.3 is 236 Å². The molecule has 3 N–H and O–H groups in total. The van der Waals surface area contributed by atoms with Crippen LogP contribution in [0.5, 0.6) is 0 Å². The second kappa shape index (κ2) is 32.1. The average Bonchev–Trinajstić information content (AvgIpc) is 2.88. The van der Waals surface area contributed by atoms with Crippen molar-refractivity contribution in [1.82, 2.24) is 0 Å². The number of Topliss-reactive ketones (excluding diaryl/α,β-unsaturated/α-hetero) is 1. The number of hydrogen-bond donors (Lipinski definition) is 3. The van der Waals surface area contributed by atoms with Crippen LogP contribution >= 0.6 is 0 Å². The summed E-state index contributed by atoms with van der Waals surface area (Å²) in [6, 6.07) is 0. The number of rotatable bonds is 21. The first-order valence-electron chi connectivity index (χ1n) is 13.4. The summed E-state index contributed by atoms with van der Waals surface area (Å²) in [6.07, 6.45) is 8.55. The van der Waals surface area contributed by atoms with Crippen molar-refractivity contribution in [3.8, 4) is 0 Å². The molecule has 0 spiro atoms. The van der Waals surface area contributed by atoms with Gasteiger partial charge in [-0.2, -0.15) is 0 Å².